The first-order valence-electron chi connectivity index (χ1n) is 6.99. The predicted molar refractivity (Wildman–Crippen MR) is 98.0 cm³/mol. The summed E-state index contributed by atoms with van der Waals surface area (Å²) in [4.78, 5) is 29.1. The van der Waals surface area contributed by atoms with Crippen molar-refractivity contribution < 1.29 is 14.0 Å². The molecular weight excluding hydrogens is 385 g/mol. The maximum atomic E-state index is 13.8. The molecule has 0 saturated heterocycles. The van der Waals surface area contributed by atoms with Gasteiger partial charge in [-0.2, -0.15) is 0 Å². The lowest BCUT2D eigenvalue weighted by Gasteiger charge is -2.05. The average Bonchev–Trinajstić information content (AvgIpc) is 3.13. The summed E-state index contributed by atoms with van der Waals surface area (Å²) in [5.41, 5.74) is 5.61. The number of thiazole rings is 1. The van der Waals surface area contributed by atoms with Gasteiger partial charge in [0.1, 0.15) is 15.7 Å². The fourth-order valence-corrected chi connectivity index (χ4v) is 4.18. The Bertz CT molecular complexity index is 984. The Kier molecular flexibility index (Phi) is 4.85. The molecule has 1 aromatic carbocycles. The number of aromatic nitrogens is 1. The van der Waals surface area contributed by atoms with Gasteiger partial charge >= 0.3 is 0 Å². The van der Waals surface area contributed by atoms with Crippen LogP contribution in [0, 0.1) is 12.7 Å². The molecule has 9 heteroatoms. The first kappa shape index (κ1) is 17.5. The zero-order valence-electron chi connectivity index (χ0n) is 12.8. The summed E-state index contributed by atoms with van der Waals surface area (Å²) in [5.74, 6) is -2.07. The molecule has 2 heterocycles. The Hall–Kier alpha value is -2.29. The van der Waals surface area contributed by atoms with Crippen LogP contribution in [0.3, 0.4) is 0 Å². The number of aryl methyl sites for hydroxylation is 1. The third-order valence-corrected chi connectivity index (χ3v) is 5.84. The molecule has 3 N–H and O–H groups in total. The molecule has 0 spiro atoms. The van der Waals surface area contributed by atoms with E-state index in [1.807, 2.05) is 6.07 Å². The first-order valence-corrected chi connectivity index (χ1v) is 9.00. The summed E-state index contributed by atoms with van der Waals surface area (Å²) in [6, 6.07) is 7.30. The van der Waals surface area contributed by atoms with Gasteiger partial charge in [-0.3, -0.25) is 9.59 Å². The van der Waals surface area contributed by atoms with Crippen molar-refractivity contribution in [3.8, 4) is 9.88 Å². The van der Waals surface area contributed by atoms with Crippen molar-refractivity contribution >= 4 is 51.8 Å². The molecule has 0 saturated carbocycles. The van der Waals surface area contributed by atoms with E-state index in [0.29, 0.717) is 19.9 Å². The van der Waals surface area contributed by atoms with Gasteiger partial charge in [-0.25, -0.2) is 9.37 Å². The van der Waals surface area contributed by atoms with E-state index in [9.17, 15) is 14.0 Å². The van der Waals surface area contributed by atoms with Crippen LogP contribution in [0.1, 0.15) is 25.7 Å². The number of anilines is 1. The number of nitrogens with one attached hydrogen (secondary N) is 1. The van der Waals surface area contributed by atoms with Crippen LogP contribution >= 0.6 is 34.3 Å². The predicted octanol–water partition coefficient (Wildman–Crippen LogP) is 4.32. The minimum atomic E-state index is -0.868. The van der Waals surface area contributed by atoms with Crippen LogP contribution in [-0.2, 0) is 0 Å². The van der Waals surface area contributed by atoms with Crippen LogP contribution in [0.4, 0.5) is 10.1 Å². The van der Waals surface area contributed by atoms with E-state index in [0.717, 1.165) is 10.9 Å². The summed E-state index contributed by atoms with van der Waals surface area (Å²) in [6.45, 7) is 1.72. The van der Waals surface area contributed by atoms with Crippen LogP contribution in [0.2, 0.25) is 4.34 Å². The van der Waals surface area contributed by atoms with Gasteiger partial charge in [0.2, 0.25) is 0 Å². The second kappa shape index (κ2) is 6.91. The van der Waals surface area contributed by atoms with E-state index in [4.69, 9.17) is 17.3 Å². The van der Waals surface area contributed by atoms with Gasteiger partial charge in [-0.15, -0.1) is 22.7 Å². The number of carbonyl (C=O) groups is 2. The largest absolute Gasteiger partial charge is 0.366 e. The standard InChI is InChI=1S/C16H11ClFN3O2S2/c1-7-13(25-16(20-7)11-4-5-12(17)24-11)15(23)21-8-2-3-9(14(19)22)10(18)6-8/h2-6H,1H3,(H2,19,22)(H,21,23). The van der Waals surface area contributed by atoms with Gasteiger partial charge in [-0.1, -0.05) is 11.6 Å². The van der Waals surface area contributed by atoms with Crippen LogP contribution < -0.4 is 11.1 Å². The maximum Gasteiger partial charge on any atom is 0.267 e. The minimum absolute atomic E-state index is 0.223. The maximum absolute atomic E-state index is 13.8. The van der Waals surface area contributed by atoms with E-state index < -0.39 is 17.6 Å². The lowest BCUT2D eigenvalue weighted by atomic mass is 10.2. The lowest BCUT2D eigenvalue weighted by molar-refractivity contribution is 0.0995. The number of primary amides is 1. The van der Waals surface area contributed by atoms with Gasteiger partial charge in [0.25, 0.3) is 11.8 Å². The van der Waals surface area contributed by atoms with E-state index in [2.05, 4.69) is 10.3 Å². The molecule has 128 valence electrons. The molecule has 0 unspecified atom stereocenters. The van der Waals surface area contributed by atoms with Crippen LogP contribution in [-0.4, -0.2) is 16.8 Å². The highest BCUT2D eigenvalue weighted by molar-refractivity contribution is 7.24. The van der Waals surface area contributed by atoms with Crippen molar-refractivity contribution in [2.45, 2.75) is 6.92 Å². The molecule has 5 nitrogen and oxygen atoms in total. The second-order valence-corrected chi connectivity index (χ2v) is 7.76. The summed E-state index contributed by atoms with van der Waals surface area (Å²) in [5, 5.41) is 3.28. The molecule has 2 aromatic heterocycles. The molecule has 0 aliphatic rings. The number of halogens is 2. The summed E-state index contributed by atoms with van der Waals surface area (Å²) in [6.07, 6.45) is 0. The highest BCUT2D eigenvalue weighted by Crippen LogP contribution is 2.35. The highest BCUT2D eigenvalue weighted by Gasteiger charge is 2.18. The Morgan fingerprint density at radius 3 is 2.60 bits per heavy atom. The molecule has 3 aromatic rings. The van der Waals surface area contributed by atoms with Crippen LogP contribution in [0.25, 0.3) is 9.88 Å². The number of nitrogens with zero attached hydrogens (tertiary/aromatic N) is 1. The Balaban J connectivity index is 1.83. The molecule has 2 amide bonds. The zero-order valence-corrected chi connectivity index (χ0v) is 15.2. The monoisotopic (exact) mass is 395 g/mol. The number of hydrogen-bond acceptors (Lipinski definition) is 5. The number of nitrogens with two attached hydrogens (primary N) is 1. The second-order valence-electron chi connectivity index (χ2n) is 5.05. The van der Waals surface area contributed by atoms with E-state index in [1.165, 1.54) is 34.8 Å². The molecule has 0 radical (unpaired) electrons. The molecule has 0 fully saturated rings. The molecule has 25 heavy (non-hydrogen) atoms. The molecule has 0 aliphatic heterocycles. The van der Waals surface area contributed by atoms with Crippen molar-refractivity contribution in [3.05, 3.63) is 56.6 Å². The molecule has 0 aliphatic carbocycles. The number of benzene rings is 1. The first-order chi connectivity index (χ1) is 11.8. The molecule has 0 atom stereocenters. The van der Waals surface area contributed by atoms with E-state index >= 15 is 0 Å². The quantitative estimate of drug-likeness (QED) is 0.689. The Morgan fingerprint density at radius 1 is 1.24 bits per heavy atom. The van der Waals surface area contributed by atoms with Crippen molar-refractivity contribution in [1.29, 1.82) is 0 Å². The number of hydrogen-bond donors (Lipinski definition) is 2. The highest BCUT2D eigenvalue weighted by atomic mass is 35.5. The van der Waals surface area contributed by atoms with E-state index in [1.54, 1.807) is 13.0 Å². The topological polar surface area (TPSA) is 85.1 Å². The van der Waals surface area contributed by atoms with Crippen LogP contribution in [0.5, 0.6) is 0 Å². The van der Waals surface area contributed by atoms with Crippen molar-refractivity contribution in [1.82, 2.24) is 4.98 Å². The fourth-order valence-electron chi connectivity index (χ4n) is 2.12. The number of carbonyl (C=O) groups excluding carboxylic acids is 2. The molecular formula is C16H11ClFN3O2S2. The van der Waals surface area contributed by atoms with Crippen molar-refractivity contribution in [2.24, 2.45) is 5.73 Å². The van der Waals surface area contributed by atoms with Crippen molar-refractivity contribution in [3.63, 3.8) is 0 Å². The van der Waals surface area contributed by atoms with Gasteiger partial charge < -0.3 is 11.1 Å². The Labute approximate surface area is 155 Å². The Morgan fingerprint density at radius 2 is 2.00 bits per heavy atom. The SMILES string of the molecule is Cc1nc(-c2ccc(Cl)s2)sc1C(=O)Nc1ccc(C(N)=O)c(F)c1. The lowest BCUT2D eigenvalue weighted by Crippen LogP contribution is -2.15. The van der Waals surface area contributed by atoms with Gasteiger partial charge in [0.15, 0.2) is 0 Å². The third kappa shape index (κ3) is 3.71. The summed E-state index contributed by atoms with van der Waals surface area (Å²) < 4.78 is 14.4. The van der Waals surface area contributed by atoms with Crippen LogP contribution in [0.15, 0.2) is 30.3 Å². The number of rotatable bonds is 4. The normalized spacial score (nSPS) is 10.7. The molecule has 3 rings (SSSR count). The van der Waals surface area contributed by atoms with Gasteiger partial charge in [0, 0.05) is 5.69 Å². The van der Waals surface area contributed by atoms with Gasteiger partial charge in [-0.05, 0) is 37.3 Å². The molecule has 0 bridgehead atoms. The van der Waals surface area contributed by atoms with Gasteiger partial charge in [0.05, 0.1) is 20.5 Å². The zero-order chi connectivity index (χ0) is 18.1. The summed E-state index contributed by atoms with van der Waals surface area (Å²) in [7, 11) is 0. The summed E-state index contributed by atoms with van der Waals surface area (Å²) >= 11 is 8.52. The number of thiophene rings is 1. The van der Waals surface area contributed by atoms with Crippen molar-refractivity contribution in [2.75, 3.05) is 5.32 Å². The smallest absolute Gasteiger partial charge is 0.267 e. The number of amides is 2. The van der Waals surface area contributed by atoms with E-state index in [-0.39, 0.29) is 11.3 Å². The fraction of sp³-hybridized carbons (Fsp3) is 0.0625. The average molecular weight is 396 g/mol. The minimum Gasteiger partial charge on any atom is -0.366 e. The third-order valence-electron chi connectivity index (χ3n) is 3.28.